The molecule has 0 N–H and O–H groups in total. The average molecular weight is 318 g/mol. The zero-order valence-electron chi connectivity index (χ0n) is 14.8. The van der Waals surface area contributed by atoms with Crippen molar-refractivity contribution >= 4 is 11.8 Å². The topological polar surface area (TPSA) is 52.6 Å². The third-order valence-corrected chi connectivity index (χ3v) is 3.22. The summed E-state index contributed by atoms with van der Waals surface area (Å²) in [5.41, 5.74) is 1.33. The van der Waals surface area contributed by atoms with Gasteiger partial charge in [0.15, 0.2) is 5.78 Å². The highest BCUT2D eigenvalue weighted by atomic mass is 16.5. The summed E-state index contributed by atoms with van der Waals surface area (Å²) in [6.07, 6.45) is 2.35. The lowest BCUT2D eigenvalue weighted by Crippen LogP contribution is -2.16. The highest BCUT2D eigenvalue weighted by molar-refractivity contribution is 6.07. The Morgan fingerprint density at radius 1 is 1.17 bits per heavy atom. The van der Waals surface area contributed by atoms with Gasteiger partial charge < -0.3 is 9.47 Å². The summed E-state index contributed by atoms with van der Waals surface area (Å²) < 4.78 is 10.4. The number of rotatable bonds is 6. The van der Waals surface area contributed by atoms with Crippen LogP contribution >= 0.6 is 0 Å². The minimum absolute atomic E-state index is 0.158. The number of carbonyl (C=O) groups is 2. The van der Waals surface area contributed by atoms with Crippen LogP contribution < -0.4 is 4.74 Å². The summed E-state index contributed by atoms with van der Waals surface area (Å²) >= 11 is 0. The summed E-state index contributed by atoms with van der Waals surface area (Å²) in [6.45, 7) is 11.0. The Bertz CT molecular complexity index is 592. The first kappa shape index (κ1) is 18.9. The van der Waals surface area contributed by atoms with Crippen LogP contribution in [-0.2, 0) is 14.9 Å². The zero-order chi connectivity index (χ0) is 17.6. The molecule has 1 aromatic carbocycles. The van der Waals surface area contributed by atoms with Gasteiger partial charge in [-0.15, -0.1) is 0 Å². The Balaban J connectivity index is 3.11. The number of allylic oxidation sites excluding steroid dienone is 1. The molecule has 0 spiro atoms. The third kappa shape index (κ3) is 5.89. The van der Waals surface area contributed by atoms with Gasteiger partial charge in [-0.1, -0.05) is 34.6 Å². The number of hydrogen-bond donors (Lipinski definition) is 0. The fourth-order valence-electron chi connectivity index (χ4n) is 1.96. The first-order valence-electron chi connectivity index (χ1n) is 7.73. The largest absolute Gasteiger partial charge is 0.493 e. The van der Waals surface area contributed by atoms with E-state index in [-0.39, 0.29) is 11.2 Å². The van der Waals surface area contributed by atoms with Crippen LogP contribution in [-0.4, -0.2) is 25.5 Å². The monoisotopic (exact) mass is 318 g/mol. The molecular weight excluding hydrogens is 292 g/mol. The van der Waals surface area contributed by atoms with Gasteiger partial charge in [-0.05, 0) is 35.6 Å². The van der Waals surface area contributed by atoms with E-state index >= 15 is 0 Å². The Morgan fingerprint density at radius 2 is 1.83 bits per heavy atom. The standard InChI is InChI=1S/C19H26O4/c1-13(2)12-23-17-9-7-14(11-15(17)19(3,4)5)16(20)8-10-18(21)22-6/h7-11,13H,12H2,1-6H3/b10-8+. The number of methoxy groups -OCH3 is 1. The second-order valence-electron chi connectivity index (χ2n) is 6.89. The van der Waals surface area contributed by atoms with Gasteiger partial charge in [-0.2, -0.15) is 0 Å². The van der Waals surface area contributed by atoms with Gasteiger partial charge in [0.25, 0.3) is 0 Å². The summed E-state index contributed by atoms with van der Waals surface area (Å²) in [5, 5.41) is 0. The van der Waals surface area contributed by atoms with Gasteiger partial charge in [0.05, 0.1) is 13.7 Å². The lowest BCUT2D eigenvalue weighted by Gasteiger charge is -2.24. The van der Waals surface area contributed by atoms with E-state index in [2.05, 4.69) is 39.4 Å². The van der Waals surface area contributed by atoms with Gasteiger partial charge in [0.2, 0.25) is 0 Å². The zero-order valence-corrected chi connectivity index (χ0v) is 14.8. The van der Waals surface area contributed by atoms with Crippen LogP contribution in [0.5, 0.6) is 5.75 Å². The van der Waals surface area contributed by atoms with Crippen molar-refractivity contribution in [1.29, 1.82) is 0 Å². The molecule has 126 valence electrons. The minimum atomic E-state index is -0.550. The third-order valence-electron chi connectivity index (χ3n) is 3.22. The highest BCUT2D eigenvalue weighted by Gasteiger charge is 2.21. The van der Waals surface area contributed by atoms with E-state index < -0.39 is 5.97 Å². The van der Waals surface area contributed by atoms with E-state index in [4.69, 9.17) is 4.74 Å². The number of ketones is 1. The van der Waals surface area contributed by atoms with E-state index in [0.717, 1.165) is 17.4 Å². The predicted octanol–water partition coefficient (Wildman–Crippen LogP) is 3.93. The van der Waals surface area contributed by atoms with Gasteiger partial charge in [-0.25, -0.2) is 4.79 Å². The first-order valence-corrected chi connectivity index (χ1v) is 7.73. The van der Waals surface area contributed by atoms with Crippen LogP contribution in [0.4, 0.5) is 0 Å². The molecule has 23 heavy (non-hydrogen) atoms. The van der Waals surface area contributed by atoms with Crippen molar-refractivity contribution in [1.82, 2.24) is 0 Å². The first-order chi connectivity index (χ1) is 10.6. The van der Waals surface area contributed by atoms with Crippen LogP contribution in [0.15, 0.2) is 30.4 Å². The molecule has 0 amide bonds. The molecule has 0 aliphatic heterocycles. The van der Waals surface area contributed by atoms with E-state index in [1.54, 1.807) is 6.07 Å². The quantitative estimate of drug-likeness (QED) is 0.453. The van der Waals surface area contributed by atoms with Crippen molar-refractivity contribution in [3.05, 3.63) is 41.5 Å². The second kappa shape index (κ2) is 7.95. The number of ether oxygens (including phenoxy) is 2. The van der Waals surface area contributed by atoms with Crippen LogP contribution in [0.1, 0.15) is 50.5 Å². The molecule has 0 radical (unpaired) electrons. The molecule has 0 aliphatic carbocycles. The lowest BCUT2D eigenvalue weighted by molar-refractivity contribution is -0.134. The highest BCUT2D eigenvalue weighted by Crippen LogP contribution is 2.32. The molecule has 0 aromatic heterocycles. The molecule has 4 heteroatoms. The van der Waals surface area contributed by atoms with Gasteiger partial charge in [0.1, 0.15) is 5.75 Å². The van der Waals surface area contributed by atoms with Crippen molar-refractivity contribution in [2.24, 2.45) is 5.92 Å². The normalized spacial score (nSPS) is 11.8. The van der Waals surface area contributed by atoms with Gasteiger partial charge in [-0.3, -0.25) is 4.79 Å². The predicted molar refractivity (Wildman–Crippen MR) is 91.0 cm³/mol. The maximum absolute atomic E-state index is 12.2. The van der Waals surface area contributed by atoms with E-state index in [1.165, 1.54) is 13.2 Å². The minimum Gasteiger partial charge on any atom is -0.493 e. The molecule has 0 aliphatic rings. The number of benzene rings is 1. The molecule has 0 unspecified atom stereocenters. The Kier molecular flexibility index (Phi) is 6.55. The Labute approximate surface area is 138 Å². The molecule has 1 rings (SSSR count). The lowest BCUT2D eigenvalue weighted by atomic mass is 9.85. The molecule has 0 fully saturated rings. The Hall–Kier alpha value is -2.10. The number of hydrogen-bond acceptors (Lipinski definition) is 4. The number of carbonyl (C=O) groups excluding carboxylic acids is 2. The molecule has 0 bridgehead atoms. The molecule has 1 aromatic rings. The van der Waals surface area contributed by atoms with Crippen LogP contribution in [0.25, 0.3) is 0 Å². The second-order valence-corrected chi connectivity index (χ2v) is 6.89. The molecule has 0 atom stereocenters. The van der Waals surface area contributed by atoms with Crippen molar-refractivity contribution in [2.45, 2.75) is 40.0 Å². The van der Waals surface area contributed by atoms with E-state index in [9.17, 15) is 9.59 Å². The summed E-state index contributed by atoms with van der Waals surface area (Å²) in [7, 11) is 1.27. The molecule has 4 nitrogen and oxygen atoms in total. The SMILES string of the molecule is COC(=O)/C=C/C(=O)c1ccc(OCC(C)C)c(C(C)(C)C)c1. The van der Waals surface area contributed by atoms with Crippen molar-refractivity contribution in [2.75, 3.05) is 13.7 Å². The van der Waals surface area contributed by atoms with Gasteiger partial charge >= 0.3 is 5.97 Å². The summed E-state index contributed by atoms with van der Waals surface area (Å²) in [5.74, 6) is 0.425. The van der Waals surface area contributed by atoms with Crippen LogP contribution in [0.3, 0.4) is 0 Å². The number of esters is 1. The van der Waals surface area contributed by atoms with Gasteiger partial charge in [0, 0.05) is 17.2 Å². The molecular formula is C19H26O4. The maximum atomic E-state index is 12.2. The van der Waals surface area contributed by atoms with Crippen LogP contribution in [0.2, 0.25) is 0 Å². The molecule has 0 saturated carbocycles. The molecule has 0 heterocycles. The van der Waals surface area contributed by atoms with Crippen molar-refractivity contribution in [3.63, 3.8) is 0 Å². The fraction of sp³-hybridized carbons (Fsp3) is 0.474. The van der Waals surface area contributed by atoms with Crippen molar-refractivity contribution in [3.8, 4) is 5.75 Å². The summed E-state index contributed by atoms with van der Waals surface area (Å²) in [4.78, 5) is 23.3. The Morgan fingerprint density at radius 3 is 2.35 bits per heavy atom. The smallest absolute Gasteiger partial charge is 0.330 e. The fourth-order valence-corrected chi connectivity index (χ4v) is 1.96. The van der Waals surface area contributed by atoms with E-state index in [0.29, 0.717) is 18.1 Å². The molecule has 0 saturated heterocycles. The van der Waals surface area contributed by atoms with Crippen LogP contribution in [0, 0.1) is 5.92 Å². The maximum Gasteiger partial charge on any atom is 0.330 e. The summed E-state index contributed by atoms with van der Waals surface area (Å²) in [6, 6.07) is 5.37. The van der Waals surface area contributed by atoms with Crippen molar-refractivity contribution < 1.29 is 19.1 Å². The van der Waals surface area contributed by atoms with E-state index in [1.807, 2.05) is 12.1 Å². The average Bonchev–Trinajstić information content (AvgIpc) is 2.48.